The summed E-state index contributed by atoms with van der Waals surface area (Å²) in [4.78, 5) is 1.24. The molecule has 0 N–H and O–H groups in total. The maximum Gasteiger partial charge on any atom is 0.127 e. The Balaban J connectivity index is 1.99. The van der Waals surface area contributed by atoms with Crippen molar-refractivity contribution in [3.63, 3.8) is 0 Å². The molecule has 1 unspecified atom stereocenters. The van der Waals surface area contributed by atoms with Gasteiger partial charge in [-0.25, -0.2) is 0 Å². The van der Waals surface area contributed by atoms with Gasteiger partial charge in [0.2, 0.25) is 0 Å². The minimum Gasteiger partial charge on any atom is -0.493 e. The standard InChI is InChI=1S/C16H14BrClOS/c1-20-13-4-2-10(3-5-13)15(18)14-9-12(17)8-11-6-7-19-16(11)14/h2-5,8-9,15H,6-7H2,1H3. The van der Waals surface area contributed by atoms with Crippen molar-refractivity contribution in [2.24, 2.45) is 0 Å². The molecule has 0 fully saturated rings. The van der Waals surface area contributed by atoms with Crippen LogP contribution >= 0.6 is 39.3 Å². The van der Waals surface area contributed by atoms with Crippen LogP contribution in [0.5, 0.6) is 5.75 Å². The molecule has 1 nitrogen and oxygen atoms in total. The van der Waals surface area contributed by atoms with Crippen molar-refractivity contribution in [3.05, 3.63) is 57.6 Å². The summed E-state index contributed by atoms with van der Waals surface area (Å²) >= 11 is 12.0. The van der Waals surface area contributed by atoms with E-state index in [2.05, 4.69) is 58.6 Å². The quantitative estimate of drug-likeness (QED) is 0.526. The lowest BCUT2D eigenvalue weighted by molar-refractivity contribution is 0.353. The number of ether oxygens (including phenoxy) is 1. The highest BCUT2D eigenvalue weighted by Gasteiger charge is 2.23. The first-order valence-electron chi connectivity index (χ1n) is 6.42. The highest BCUT2D eigenvalue weighted by molar-refractivity contribution is 9.10. The lowest BCUT2D eigenvalue weighted by atomic mass is 10.0. The molecule has 1 aliphatic rings. The van der Waals surface area contributed by atoms with Gasteiger partial charge < -0.3 is 4.74 Å². The van der Waals surface area contributed by atoms with E-state index in [0.717, 1.165) is 34.4 Å². The molecule has 0 aromatic heterocycles. The zero-order valence-corrected chi connectivity index (χ0v) is 14.2. The van der Waals surface area contributed by atoms with Crippen molar-refractivity contribution < 1.29 is 4.74 Å². The number of alkyl halides is 1. The van der Waals surface area contributed by atoms with Gasteiger partial charge in [0, 0.05) is 21.4 Å². The first-order valence-corrected chi connectivity index (χ1v) is 8.87. The van der Waals surface area contributed by atoms with Gasteiger partial charge >= 0.3 is 0 Å². The summed E-state index contributed by atoms with van der Waals surface area (Å²) in [6.07, 6.45) is 3.03. The summed E-state index contributed by atoms with van der Waals surface area (Å²) in [7, 11) is 0. The Morgan fingerprint density at radius 2 is 2.00 bits per heavy atom. The van der Waals surface area contributed by atoms with E-state index < -0.39 is 0 Å². The topological polar surface area (TPSA) is 9.23 Å². The smallest absolute Gasteiger partial charge is 0.127 e. The molecule has 0 saturated heterocycles. The van der Waals surface area contributed by atoms with Crippen LogP contribution in [0, 0.1) is 0 Å². The fourth-order valence-corrected chi connectivity index (χ4v) is 3.68. The van der Waals surface area contributed by atoms with E-state index in [0.29, 0.717) is 0 Å². The number of thioether (sulfide) groups is 1. The molecule has 0 amide bonds. The third-order valence-electron chi connectivity index (χ3n) is 3.46. The molecule has 3 rings (SSSR count). The number of hydrogen-bond donors (Lipinski definition) is 0. The Kier molecular flexibility index (Phi) is 4.29. The first-order chi connectivity index (χ1) is 9.69. The van der Waals surface area contributed by atoms with E-state index in [9.17, 15) is 0 Å². The second-order valence-corrected chi connectivity index (χ2v) is 6.95. The highest BCUT2D eigenvalue weighted by atomic mass is 79.9. The van der Waals surface area contributed by atoms with Gasteiger partial charge in [-0.3, -0.25) is 0 Å². The van der Waals surface area contributed by atoms with Gasteiger partial charge in [0.25, 0.3) is 0 Å². The molecule has 2 aromatic rings. The van der Waals surface area contributed by atoms with E-state index >= 15 is 0 Å². The average Bonchev–Trinajstić information content (AvgIpc) is 2.94. The molecule has 20 heavy (non-hydrogen) atoms. The number of hydrogen-bond acceptors (Lipinski definition) is 2. The average molecular weight is 370 g/mol. The number of benzene rings is 2. The van der Waals surface area contributed by atoms with Gasteiger partial charge in [-0.1, -0.05) is 28.1 Å². The SMILES string of the molecule is CSc1ccc(C(Cl)c2cc(Br)cc3c2OCC3)cc1. The molecule has 2 aromatic carbocycles. The van der Waals surface area contributed by atoms with E-state index in [1.807, 2.05) is 0 Å². The number of halogens is 2. The van der Waals surface area contributed by atoms with Gasteiger partial charge in [0.05, 0.1) is 12.0 Å². The van der Waals surface area contributed by atoms with Crippen molar-refractivity contribution in [1.82, 2.24) is 0 Å². The zero-order valence-electron chi connectivity index (χ0n) is 11.0. The van der Waals surface area contributed by atoms with Crippen LogP contribution in [-0.2, 0) is 6.42 Å². The van der Waals surface area contributed by atoms with Crippen LogP contribution in [0.15, 0.2) is 45.8 Å². The Labute approximate surface area is 136 Å². The minimum atomic E-state index is -0.185. The zero-order chi connectivity index (χ0) is 14.1. The fourth-order valence-electron chi connectivity index (χ4n) is 2.44. The van der Waals surface area contributed by atoms with Crippen LogP contribution in [-0.4, -0.2) is 12.9 Å². The Bertz CT molecular complexity index is 627. The second kappa shape index (κ2) is 6.00. The van der Waals surface area contributed by atoms with Gasteiger partial charge in [-0.05, 0) is 41.6 Å². The van der Waals surface area contributed by atoms with E-state index in [1.54, 1.807) is 11.8 Å². The predicted octanol–water partition coefficient (Wildman–Crippen LogP) is 5.43. The number of fused-ring (bicyclic) bond motifs is 1. The van der Waals surface area contributed by atoms with Crippen LogP contribution in [0.25, 0.3) is 0 Å². The molecular weight excluding hydrogens is 356 g/mol. The molecule has 0 saturated carbocycles. The molecule has 104 valence electrons. The van der Waals surface area contributed by atoms with Crippen molar-refractivity contribution in [1.29, 1.82) is 0 Å². The Hall–Kier alpha value is -0.640. The fraction of sp³-hybridized carbons (Fsp3) is 0.250. The van der Waals surface area contributed by atoms with E-state index in [1.165, 1.54) is 10.5 Å². The maximum absolute atomic E-state index is 6.68. The van der Waals surface area contributed by atoms with Crippen LogP contribution < -0.4 is 4.74 Å². The van der Waals surface area contributed by atoms with Gasteiger partial charge in [0.15, 0.2) is 0 Å². The van der Waals surface area contributed by atoms with Gasteiger partial charge in [-0.15, -0.1) is 23.4 Å². The van der Waals surface area contributed by atoms with Crippen LogP contribution in [0.4, 0.5) is 0 Å². The van der Waals surface area contributed by atoms with Crippen molar-refractivity contribution in [3.8, 4) is 5.75 Å². The summed E-state index contributed by atoms with van der Waals surface area (Å²) in [6, 6.07) is 12.6. The summed E-state index contributed by atoms with van der Waals surface area (Å²) in [5.74, 6) is 0.960. The van der Waals surface area contributed by atoms with E-state index in [4.69, 9.17) is 16.3 Å². The van der Waals surface area contributed by atoms with Crippen molar-refractivity contribution in [2.75, 3.05) is 12.9 Å². The lowest BCUT2D eigenvalue weighted by Crippen LogP contribution is -1.97. The molecule has 0 bridgehead atoms. The normalized spacial score (nSPS) is 14.8. The summed E-state index contributed by atoms with van der Waals surface area (Å²) in [6.45, 7) is 0.744. The van der Waals surface area contributed by atoms with Crippen molar-refractivity contribution in [2.45, 2.75) is 16.7 Å². The molecule has 0 radical (unpaired) electrons. The third kappa shape index (κ3) is 2.72. The molecule has 1 aliphatic heterocycles. The first kappa shape index (κ1) is 14.3. The molecule has 1 heterocycles. The molecule has 0 aliphatic carbocycles. The molecule has 1 atom stereocenters. The summed E-state index contributed by atoms with van der Waals surface area (Å²) in [5.41, 5.74) is 3.38. The molecule has 4 heteroatoms. The van der Waals surface area contributed by atoms with Gasteiger partial charge in [0.1, 0.15) is 5.75 Å². The van der Waals surface area contributed by atoms with Crippen LogP contribution in [0.3, 0.4) is 0 Å². The van der Waals surface area contributed by atoms with Gasteiger partial charge in [-0.2, -0.15) is 0 Å². The minimum absolute atomic E-state index is 0.185. The largest absolute Gasteiger partial charge is 0.493 e. The molecule has 0 spiro atoms. The third-order valence-corrected chi connectivity index (χ3v) is 5.15. The summed E-state index contributed by atoms with van der Waals surface area (Å²) < 4.78 is 6.82. The monoisotopic (exact) mass is 368 g/mol. The van der Waals surface area contributed by atoms with Crippen molar-refractivity contribution >= 4 is 39.3 Å². The second-order valence-electron chi connectivity index (χ2n) is 4.72. The highest BCUT2D eigenvalue weighted by Crippen LogP contribution is 2.41. The van der Waals surface area contributed by atoms with Crippen LogP contribution in [0.1, 0.15) is 22.1 Å². The molecular formula is C16H14BrClOS. The predicted molar refractivity (Wildman–Crippen MR) is 89.3 cm³/mol. The Morgan fingerprint density at radius 3 is 2.70 bits per heavy atom. The van der Waals surface area contributed by atoms with Crippen LogP contribution in [0.2, 0.25) is 0 Å². The summed E-state index contributed by atoms with van der Waals surface area (Å²) in [5, 5.41) is -0.185. The maximum atomic E-state index is 6.68. The Morgan fingerprint density at radius 1 is 1.25 bits per heavy atom. The van der Waals surface area contributed by atoms with E-state index in [-0.39, 0.29) is 5.38 Å². The lowest BCUT2D eigenvalue weighted by Gasteiger charge is -2.15. The number of rotatable bonds is 3.